The molecule has 110 valence electrons. The first-order chi connectivity index (χ1) is 9.61. The molecule has 1 fully saturated rings. The quantitative estimate of drug-likeness (QED) is 0.541. The minimum absolute atomic E-state index is 0.0251. The fraction of sp³-hybridized carbons (Fsp3) is 0.545. The minimum Gasteiger partial charge on any atom is -0.754 e. The van der Waals surface area contributed by atoms with Crippen LogP contribution in [0.15, 0.2) is 6.07 Å². The fourth-order valence-electron chi connectivity index (χ4n) is 1.81. The minimum atomic E-state index is -0.692. The number of rotatable bonds is 3. The van der Waals surface area contributed by atoms with Crippen molar-refractivity contribution < 1.29 is 14.3 Å². The van der Waals surface area contributed by atoms with E-state index in [0.717, 1.165) is 18.8 Å². The number of aromatic nitrogens is 2. The lowest BCUT2D eigenvalue weighted by atomic mass is 10.2. The predicted octanol–water partition coefficient (Wildman–Crippen LogP) is 0.243. The van der Waals surface area contributed by atoms with Gasteiger partial charge in [-0.3, -0.25) is 0 Å². The number of nitrogens with zero attached hydrogens (tertiary/aromatic N) is 2. The van der Waals surface area contributed by atoms with Crippen LogP contribution in [0.2, 0.25) is 0 Å². The van der Waals surface area contributed by atoms with Crippen molar-refractivity contribution in [3.8, 4) is 0 Å². The summed E-state index contributed by atoms with van der Waals surface area (Å²) in [6.07, 6.45) is -0.692. The number of amides is 1. The molecule has 0 bridgehead atoms. The molecule has 0 spiro atoms. The molecule has 1 aromatic rings. The molecule has 0 saturated carbocycles. The molecule has 0 aromatic carbocycles. The zero-order chi connectivity index (χ0) is 14.5. The van der Waals surface area contributed by atoms with E-state index in [0.29, 0.717) is 10.4 Å². The van der Waals surface area contributed by atoms with E-state index >= 15 is 0 Å². The lowest BCUT2D eigenvalue weighted by Gasteiger charge is -2.22. The Labute approximate surface area is 120 Å². The van der Waals surface area contributed by atoms with Crippen LogP contribution in [0.5, 0.6) is 0 Å². The summed E-state index contributed by atoms with van der Waals surface area (Å²) in [4.78, 5) is 15.5. The standard InChI is InChI=1S/C11H17N5O3S/c1-2-19-11(17)15-9-5-7(14-10(12)16(9)18)8-6-13-3-4-20-8/h5,8,13H,2-4,6H2,1H3,(H2,12,14)(H,15,17). The summed E-state index contributed by atoms with van der Waals surface area (Å²) in [6, 6.07) is 1.53. The molecule has 20 heavy (non-hydrogen) atoms. The van der Waals surface area contributed by atoms with E-state index in [1.807, 2.05) is 0 Å². The van der Waals surface area contributed by atoms with Gasteiger partial charge in [0.25, 0.3) is 0 Å². The lowest BCUT2D eigenvalue weighted by molar-refractivity contribution is -0.577. The Balaban J connectivity index is 2.22. The highest BCUT2D eigenvalue weighted by Crippen LogP contribution is 2.29. The van der Waals surface area contributed by atoms with Crippen molar-refractivity contribution in [2.45, 2.75) is 12.2 Å². The fourth-order valence-corrected chi connectivity index (χ4v) is 2.88. The Morgan fingerprint density at radius 1 is 1.80 bits per heavy atom. The highest BCUT2D eigenvalue weighted by molar-refractivity contribution is 7.99. The molecule has 2 heterocycles. The molecule has 4 N–H and O–H groups in total. The Morgan fingerprint density at radius 3 is 3.25 bits per heavy atom. The highest BCUT2D eigenvalue weighted by Gasteiger charge is 2.23. The molecule has 8 nitrogen and oxygen atoms in total. The summed E-state index contributed by atoms with van der Waals surface area (Å²) < 4.78 is 5.12. The Morgan fingerprint density at radius 2 is 2.60 bits per heavy atom. The summed E-state index contributed by atoms with van der Waals surface area (Å²) >= 11 is 1.73. The second-order valence-electron chi connectivity index (χ2n) is 4.13. The van der Waals surface area contributed by atoms with Crippen molar-refractivity contribution in [2.75, 3.05) is 36.5 Å². The second kappa shape index (κ2) is 6.62. The van der Waals surface area contributed by atoms with E-state index in [2.05, 4.69) is 15.6 Å². The summed E-state index contributed by atoms with van der Waals surface area (Å²) in [5.74, 6) is 0.789. The van der Waals surface area contributed by atoms with Gasteiger partial charge in [-0.2, -0.15) is 0 Å². The first kappa shape index (κ1) is 14.7. The second-order valence-corrected chi connectivity index (χ2v) is 5.44. The van der Waals surface area contributed by atoms with Crippen molar-refractivity contribution in [2.24, 2.45) is 0 Å². The summed E-state index contributed by atoms with van der Waals surface area (Å²) in [7, 11) is 0. The van der Waals surface area contributed by atoms with Crippen LogP contribution in [0, 0.1) is 5.21 Å². The average molecular weight is 299 g/mol. The largest absolute Gasteiger partial charge is 0.754 e. The third-order valence-corrected chi connectivity index (χ3v) is 3.97. The zero-order valence-electron chi connectivity index (χ0n) is 11.1. The molecule has 0 aliphatic carbocycles. The van der Waals surface area contributed by atoms with Crippen LogP contribution in [0.3, 0.4) is 0 Å². The van der Waals surface area contributed by atoms with Crippen molar-refractivity contribution in [3.05, 3.63) is 17.0 Å². The molecule has 1 amide bonds. The van der Waals surface area contributed by atoms with Gasteiger partial charge >= 0.3 is 12.0 Å². The van der Waals surface area contributed by atoms with Gasteiger partial charge in [0.2, 0.25) is 5.82 Å². The number of thioether (sulfide) groups is 1. The molecular weight excluding hydrogens is 282 g/mol. The SMILES string of the molecule is CCOC(=O)Nc1cc(C2CNCCS2)nc(N)[n+]1[O-]. The van der Waals surface area contributed by atoms with Crippen LogP contribution < -0.4 is 21.1 Å². The molecule has 1 atom stereocenters. The van der Waals surface area contributed by atoms with E-state index in [1.54, 1.807) is 18.7 Å². The number of hydrogen-bond acceptors (Lipinski definition) is 7. The molecule has 1 unspecified atom stereocenters. The van der Waals surface area contributed by atoms with E-state index in [4.69, 9.17) is 10.5 Å². The first-order valence-electron chi connectivity index (χ1n) is 6.28. The maximum absolute atomic E-state index is 11.8. The molecule has 1 saturated heterocycles. The summed E-state index contributed by atoms with van der Waals surface area (Å²) in [5, 5.41) is 17.5. The molecule has 9 heteroatoms. The van der Waals surface area contributed by atoms with Gasteiger partial charge in [0.1, 0.15) is 5.69 Å². The number of nitrogens with one attached hydrogen (secondary N) is 2. The van der Waals surface area contributed by atoms with Gasteiger partial charge in [0, 0.05) is 24.9 Å². The maximum atomic E-state index is 11.8. The Kier molecular flexibility index (Phi) is 4.85. The lowest BCUT2D eigenvalue weighted by Crippen LogP contribution is -2.38. The third kappa shape index (κ3) is 3.42. The van der Waals surface area contributed by atoms with Crippen molar-refractivity contribution in [1.82, 2.24) is 10.3 Å². The van der Waals surface area contributed by atoms with Crippen LogP contribution in [-0.4, -0.2) is 36.5 Å². The van der Waals surface area contributed by atoms with Gasteiger partial charge in [0.15, 0.2) is 0 Å². The number of nitrogen functional groups attached to an aromatic ring is 1. The molecular formula is C11H17N5O3S. The first-order valence-corrected chi connectivity index (χ1v) is 7.32. The van der Waals surface area contributed by atoms with E-state index in [-0.39, 0.29) is 23.6 Å². The molecule has 0 radical (unpaired) electrons. The van der Waals surface area contributed by atoms with Gasteiger partial charge in [-0.05, 0) is 6.92 Å². The van der Waals surface area contributed by atoms with Gasteiger partial charge in [-0.15, -0.1) is 16.7 Å². The number of nitrogens with two attached hydrogens (primary N) is 1. The number of carbonyl (C=O) groups is 1. The number of hydrogen-bond donors (Lipinski definition) is 3. The molecule has 2 rings (SSSR count). The predicted molar refractivity (Wildman–Crippen MR) is 76.3 cm³/mol. The van der Waals surface area contributed by atoms with Crippen LogP contribution >= 0.6 is 11.8 Å². The Bertz CT molecular complexity index is 493. The number of anilines is 2. The Hall–Kier alpha value is -1.74. The van der Waals surface area contributed by atoms with Gasteiger partial charge in [0.05, 0.1) is 11.9 Å². The zero-order valence-corrected chi connectivity index (χ0v) is 11.9. The van der Waals surface area contributed by atoms with E-state index in [9.17, 15) is 10.0 Å². The van der Waals surface area contributed by atoms with Crippen molar-refractivity contribution in [3.63, 3.8) is 0 Å². The van der Waals surface area contributed by atoms with Crippen LogP contribution in [0.25, 0.3) is 0 Å². The third-order valence-electron chi connectivity index (χ3n) is 2.72. The summed E-state index contributed by atoms with van der Waals surface area (Å²) in [6.45, 7) is 3.60. The monoisotopic (exact) mass is 299 g/mol. The van der Waals surface area contributed by atoms with Gasteiger partial charge in [-0.1, -0.05) is 0 Å². The molecule has 1 aliphatic rings. The molecule has 1 aromatic heterocycles. The van der Waals surface area contributed by atoms with Crippen LogP contribution in [0.4, 0.5) is 16.6 Å². The normalized spacial score (nSPS) is 18.6. The maximum Gasteiger partial charge on any atom is 0.458 e. The van der Waals surface area contributed by atoms with E-state index < -0.39 is 6.09 Å². The number of ether oxygens (including phenoxy) is 1. The molecule has 1 aliphatic heterocycles. The van der Waals surface area contributed by atoms with Gasteiger partial charge in [-0.25, -0.2) is 14.8 Å². The van der Waals surface area contributed by atoms with Crippen LogP contribution in [-0.2, 0) is 4.74 Å². The van der Waals surface area contributed by atoms with Gasteiger partial charge < -0.3 is 21.0 Å². The van der Waals surface area contributed by atoms with E-state index in [1.165, 1.54) is 6.07 Å². The smallest absolute Gasteiger partial charge is 0.458 e. The van der Waals surface area contributed by atoms with Crippen LogP contribution in [0.1, 0.15) is 17.9 Å². The average Bonchev–Trinajstić information content (AvgIpc) is 2.45. The topological polar surface area (TPSA) is 116 Å². The number of carbonyl (C=O) groups excluding carboxylic acids is 1. The summed E-state index contributed by atoms with van der Waals surface area (Å²) in [5.41, 5.74) is 6.26. The van der Waals surface area contributed by atoms with Crippen molar-refractivity contribution >= 4 is 29.6 Å². The van der Waals surface area contributed by atoms with Crippen molar-refractivity contribution in [1.29, 1.82) is 0 Å². The highest BCUT2D eigenvalue weighted by atomic mass is 32.2.